The van der Waals surface area contributed by atoms with Gasteiger partial charge in [-0.05, 0) is 19.1 Å². The van der Waals surface area contributed by atoms with E-state index < -0.39 is 6.09 Å². The monoisotopic (exact) mass is 237 g/mol. The van der Waals surface area contributed by atoms with Crippen LogP contribution in [0.15, 0.2) is 24.3 Å². The van der Waals surface area contributed by atoms with Crippen LogP contribution in [0.4, 0.5) is 10.5 Å². The molecule has 2 rings (SSSR count). The van der Waals surface area contributed by atoms with Gasteiger partial charge in [0.1, 0.15) is 18.5 Å². The van der Waals surface area contributed by atoms with Crippen LogP contribution in [0.1, 0.15) is 6.92 Å². The van der Waals surface area contributed by atoms with E-state index in [1.807, 2.05) is 19.1 Å². The second-order valence-electron chi connectivity index (χ2n) is 3.61. The first kappa shape index (κ1) is 11.7. The zero-order valence-electron chi connectivity index (χ0n) is 9.64. The molecule has 0 aliphatic carbocycles. The van der Waals surface area contributed by atoms with Crippen molar-refractivity contribution in [1.82, 2.24) is 0 Å². The van der Waals surface area contributed by atoms with Gasteiger partial charge in [0.25, 0.3) is 0 Å². The lowest BCUT2D eigenvalue weighted by atomic mass is 10.3. The molecule has 5 heteroatoms. The summed E-state index contributed by atoms with van der Waals surface area (Å²) in [4.78, 5) is 11.5. The minimum absolute atomic E-state index is 0.0721. The Kier molecular flexibility index (Phi) is 3.82. The highest BCUT2D eigenvalue weighted by atomic mass is 16.6. The molecule has 1 aliphatic rings. The largest absolute Gasteiger partial charge is 0.492 e. The second kappa shape index (κ2) is 5.54. The van der Waals surface area contributed by atoms with E-state index >= 15 is 0 Å². The zero-order valence-corrected chi connectivity index (χ0v) is 9.64. The summed E-state index contributed by atoms with van der Waals surface area (Å²) in [6.45, 7) is 3.40. The van der Waals surface area contributed by atoms with Crippen molar-refractivity contribution < 1.29 is 19.0 Å². The van der Waals surface area contributed by atoms with E-state index in [9.17, 15) is 4.79 Å². The number of hydrogen-bond donors (Lipinski definition) is 1. The lowest BCUT2D eigenvalue weighted by Crippen LogP contribution is -2.17. The molecule has 92 valence electrons. The number of carbonyl (C=O) groups excluding carboxylic acids is 1. The molecule has 1 atom stereocenters. The average Bonchev–Trinajstić information content (AvgIpc) is 3.13. The van der Waals surface area contributed by atoms with E-state index in [2.05, 4.69) is 5.32 Å². The highest BCUT2D eigenvalue weighted by molar-refractivity contribution is 5.86. The molecule has 0 aromatic heterocycles. The highest BCUT2D eigenvalue weighted by Gasteiger charge is 2.24. The smallest absolute Gasteiger partial charge is 0.411 e. The third kappa shape index (κ3) is 3.64. The van der Waals surface area contributed by atoms with Gasteiger partial charge < -0.3 is 14.2 Å². The van der Waals surface area contributed by atoms with Crippen molar-refractivity contribution in [1.29, 1.82) is 0 Å². The Hall–Kier alpha value is -1.75. The Morgan fingerprint density at radius 2 is 2.29 bits per heavy atom. The Morgan fingerprint density at radius 3 is 3.00 bits per heavy atom. The number of anilines is 1. The summed E-state index contributed by atoms with van der Waals surface area (Å²) in [5, 5.41) is 2.64. The molecule has 1 N–H and O–H groups in total. The maximum atomic E-state index is 11.5. The van der Waals surface area contributed by atoms with Crippen LogP contribution in [-0.2, 0) is 9.47 Å². The molecule has 1 saturated heterocycles. The molecule has 17 heavy (non-hydrogen) atoms. The predicted octanol–water partition coefficient (Wildman–Crippen LogP) is 2.03. The number of hydrogen-bond acceptors (Lipinski definition) is 4. The Morgan fingerprint density at radius 1 is 1.53 bits per heavy atom. The molecule has 0 spiro atoms. The summed E-state index contributed by atoms with van der Waals surface area (Å²) in [6, 6.07) is 7.23. The second-order valence-corrected chi connectivity index (χ2v) is 3.61. The third-order valence-electron chi connectivity index (χ3n) is 2.23. The molecule has 1 aliphatic heterocycles. The number of carbonyl (C=O) groups is 1. The van der Waals surface area contributed by atoms with Crippen molar-refractivity contribution in [3.8, 4) is 5.75 Å². The molecule has 1 aromatic rings. The highest BCUT2D eigenvalue weighted by Crippen LogP contribution is 2.23. The molecule has 1 amide bonds. The van der Waals surface area contributed by atoms with E-state index in [-0.39, 0.29) is 6.10 Å². The number of benzene rings is 1. The predicted molar refractivity (Wildman–Crippen MR) is 62.3 cm³/mol. The number of epoxide rings is 1. The fourth-order valence-electron chi connectivity index (χ4n) is 1.33. The molecule has 0 radical (unpaired) electrons. The van der Waals surface area contributed by atoms with E-state index in [0.29, 0.717) is 31.3 Å². The fraction of sp³-hybridized carbons (Fsp3) is 0.417. The van der Waals surface area contributed by atoms with Crippen LogP contribution in [0.5, 0.6) is 5.75 Å². The minimum atomic E-state index is -0.493. The Labute approximate surface area is 99.7 Å². The maximum Gasteiger partial charge on any atom is 0.411 e. The maximum absolute atomic E-state index is 11.5. The van der Waals surface area contributed by atoms with E-state index in [0.717, 1.165) is 0 Å². The van der Waals surface area contributed by atoms with Crippen LogP contribution in [0, 0.1) is 0 Å². The first-order valence-electron chi connectivity index (χ1n) is 5.57. The van der Waals surface area contributed by atoms with E-state index in [1.165, 1.54) is 0 Å². The summed E-state index contributed by atoms with van der Waals surface area (Å²) in [6.07, 6.45) is -0.421. The van der Waals surface area contributed by atoms with Gasteiger partial charge in [-0.2, -0.15) is 0 Å². The topological polar surface area (TPSA) is 60.1 Å². The molecule has 1 aromatic carbocycles. The van der Waals surface area contributed by atoms with Gasteiger partial charge in [-0.15, -0.1) is 0 Å². The number of nitrogens with one attached hydrogen (secondary N) is 1. The summed E-state index contributed by atoms with van der Waals surface area (Å²) in [5.41, 5.74) is 0.607. The fourth-order valence-corrected chi connectivity index (χ4v) is 1.33. The number of para-hydroxylation sites is 2. The summed E-state index contributed by atoms with van der Waals surface area (Å²) >= 11 is 0. The molecular weight excluding hydrogens is 222 g/mol. The first-order valence-corrected chi connectivity index (χ1v) is 5.57. The standard InChI is InChI=1S/C12H15NO4/c1-2-15-11-6-4-3-5-10(11)13-12(14)17-8-9-7-16-9/h3-6,9H,2,7-8H2,1H3,(H,13,14). The lowest BCUT2D eigenvalue weighted by Gasteiger charge is -2.10. The zero-order chi connectivity index (χ0) is 12.1. The summed E-state index contributed by atoms with van der Waals surface area (Å²) in [5.74, 6) is 0.634. The molecule has 0 saturated carbocycles. The van der Waals surface area contributed by atoms with Gasteiger partial charge >= 0.3 is 6.09 Å². The van der Waals surface area contributed by atoms with Crippen LogP contribution in [0.3, 0.4) is 0 Å². The molecule has 0 bridgehead atoms. The first-order chi connectivity index (χ1) is 8.29. The van der Waals surface area contributed by atoms with Gasteiger partial charge in [0.2, 0.25) is 0 Å². The molecule has 5 nitrogen and oxygen atoms in total. The third-order valence-corrected chi connectivity index (χ3v) is 2.23. The number of rotatable bonds is 5. The average molecular weight is 237 g/mol. The Balaban J connectivity index is 1.89. The van der Waals surface area contributed by atoms with Crippen LogP contribution in [0.25, 0.3) is 0 Å². The molecule has 1 heterocycles. The van der Waals surface area contributed by atoms with Crippen LogP contribution >= 0.6 is 0 Å². The van der Waals surface area contributed by atoms with Gasteiger partial charge in [0.15, 0.2) is 0 Å². The van der Waals surface area contributed by atoms with Gasteiger partial charge in [0, 0.05) is 0 Å². The van der Waals surface area contributed by atoms with Crippen molar-refractivity contribution in [2.24, 2.45) is 0 Å². The van der Waals surface area contributed by atoms with Crippen molar-refractivity contribution >= 4 is 11.8 Å². The van der Waals surface area contributed by atoms with Gasteiger partial charge in [0.05, 0.1) is 18.9 Å². The number of amides is 1. The lowest BCUT2D eigenvalue weighted by molar-refractivity contribution is 0.150. The van der Waals surface area contributed by atoms with Gasteiger partial charge in [-0.3, -0.25) is 5.32 Å². The van der Waals surface area contributed by atoms with Crippen molar-refractivity contribution in [3.05, 3.63) is 24.3 Å². The van der Waals surface area contributed by atoms with Gasteiger partial charge in [-0.25, -0.2) is 4.79 Å². The summed E-state index contributed by atoms with van der Waals surface area (Å²) < 4.78 is 15.3. The van der Waals surface area contributed by atoms with E-state index in [1.54, 1.807) is 12.1 Å². The molecule has 1 unspecified atom stereocenters. The van der Waals surface area contributed by atoms with Gasteiger partial charge in [-0.1, -0.05) is 12.1 Å². The van der Waals surface area contributed by atoms with Crippen molar-refractivity contribution in [2.75, 3.05) is 25.1 Å². The normalized spacial score (nSPS) is 17.4. The summed E-state index contributed by atoms with van der Waals surface area (Å²) in [7, 11) is 0. The Bertz CT molecular complexity index is 390. The quantitative estimate of drug-likeness (QED) is 0.796. The van der Waals surface area contributed by atoms with Crippen LogP contribution < -0.4 is 10.1 Å². The SMILES string of the molecule is CCOc1ccccc1NC(=O)OCC1CO1. The van der Waals surface area contributed by atoms with Crippen molar-refractivity contribution in [2.45, 2.75) is 13.0 Å². The number of ether oxygens (including phenoxy) is 3. The van der Waals surface area contributed by atoms with Crippen molar-refractivity contribution in [3.63, 3.8) is 0 Å². The molecule has 1 fully saturated rings. The minimum Gasteiger partial charge on any atom is -0.492 e. The van der Waals surface area contributed by atoms with Crippen LogP contribution in [0.2, 0.25) is 0 Å². The molecular formula is C12H15NO4. The van der Waals surface area contributed by atoms with E-state index in [4.69, 9.17) is 14.2 Å². The van der Waals surface area contributed by atoms with Crippen LogP contribution in [-0.4, -0.2) is 32.0 Å².